The van der Waals surface area contributed by atoms with Gasteiger partial charge in [-0.15, -0.1) is 0 Å². The van der Waals surface area contributed by atoms with Gasteiger partial charge in [-0.25, -0.2) is 4.79 Å². The summed E-state index contributed by atoms with van der Waals surface area (Å²) in [5, 5.41) is 17.8. The molecule has 2 aromatic carbocycles. The maximum absolute atomic E-state index is 13.3. The van der Waals surface area contributed by atoms with Crippen molar-refractivity contribution in [2.45, 2.75) is 37.8 Å². The van der Waals surface area contributed by atoms with Crippen LogP contribution in [-0.4, -0.2) is 23.6 Å². The van der Waals surface area contributed by atoms with Gasteiger partial charge in [-0.3, -0.25) is 9.69 Å². The number of hydrogen-bond acceptors (Lipinski definition) is 3. The third-order valence-corrected chi connectivity index (χ3v) is 5.84. The normalized spacial score (nSPS) is 20.8. The topological polar surface area (TPSA) is 81.7 Å². The number of aliphatic hydroxyl groups is 1. The molecule has 3 amide bonds. The number of nitrogens with one attached hydrogen (secondary N) is 2. The van der Waals surface area contributed by atoms with Gasteiger partial charge in [0.15, 0.2) is 0 Å². The maximum Gasteiger partial charge on any atom is 0.329 e. The molecule has 1 aliphatic heterocycles. The zero-order valence-corrected chi connectivity index (χ0v) is 17.3. The average Bonchev–Trinajstić information content (AvgIpc) is 2.75. The van der Waals surface area contributed by atoms with Crippen LogP contribution in [-0.2, 0) is 10.5 Å². The van der Waals surface area contributed by atoms with E-state index in [4.69, 9.17) is 11.6 Å². The Morgan fingerprint density at radius 2 is 1.93 bits per heavy atom. The van der Waals surface area contributed by atoms with E-state index in [-0.39, 0.29) is 0 Å². The standard InChI is InChI=1S/C23H24ClN3O3/c24-17-10-12-18(13-11-17)27-22(29)26-20-9-5-4-8-19(20)23(27,30)21(28)25-15-14-16-6-2-1-3-7-16/h4-6,8-13,30H,1-3,7,14-15H2,(H,25,28)(H,26,29)/t23-/m1/s1. The summed E-state index contributed by atoms with van der Waals surface area (Å²) in [7, 11) is 0. The number of para-hydroxylation sites is 1. The van der Waals surface area contributed by atoms with E-state index >= 15 is 0 Å². The van der Waals surface area contributed by atoms with Crippen molar-refractivity contribution in [3.8, 4) is 0 Å². The van der Waals surface area contributed by atoms with Crippen LogP contribution < -0.4 is 15.5 Å². The molecule has 1 atom stereocenters. The highest BCUT2D eigenvalue weighted by molar-refractivity contribution is 6.30. The molecule has 6 nitrogen and oxygen atoms in total. The number of carbonyl (C=O) groups excluding carboxylic acids is 2. The minimum absolute atomic E-state index is 0.314. The summed E-state index contributed by atoms with van der Waals surface area (Å²) in [6, 6.07) is 12.6. The Hall–Kier alpha value is -2.83. The largest absolute Gasteiger partial charge is 0.359 e. The fourth-order valence-corrected chi connectivity index (χ4v) is 4.17. The van der Waals surface area contributed by atoms with Crippen molar-refractivity contribution < 1.29 is 14.7 Å². The molecule has 7 heteroatoms. The van der Waals surface area contributed by atoms with Crippen LogP contribution in [0.15, 0.2) is 60.2 Å². The molecule has 0 aromatic heterocycles. The fourth-order valence-electron chi connectivity index (χ4n) is 4.04. The van der Waals surface area contributed by atoms with Gasteiger partial charge in [0.05, 0.1) is 5.69 Å². The quantitative estimate of drug-likeness (QED) is 0.615. The number of fused-ring (bicyclic) bond motifs is 1. The number of carbonyl (C=O) groups is 2. The van der Waals surface area contributed by atoms with Crippen molar-refractivity contribution in [3.63, 3.8) is 0 Å². The zero-order chi connectivity index (χ0) is 21.1. The number of nitrogens with zero attached hydrogens (tertiary/aromatic N) is 1. The zero-order valence-electron chi connectivity index (χ0n) is 16.5. The third-order valence-electron chi connectivity index (χ3n) is 5.59. The fraction of sp³-hybridized carbons (Fsp3) is 0.304. The molecule has 0 radical (unpaired) electrons. The van der Waals surface area contributed by atoms with Gasteiger partial charge in [0.2, 0.25) is 0 Å². The number of amides is 3. The summed E-state index contributed by atoms with van der Waals surface area (Å²) >= 11 is 5.98. The Balaban J connectivity index is 1.65. The minimum Gasteiger partial charge on any atom is -0.359 e. The molecule has 0 saturated heterocycles. The van der Waals surface area contributed by atoms with E-state index in [1.807, 2.05) is 0 Å². The van der Waals surface area contributed by atoms with Crippen molar-refractivity contribution in [3.05, 3.63) is 70.8 Å². The molecule has 3 N–H and O–H groups in total. The molecular weight excluding hydrogens is 402 g/mol. The first-order chi connectivity index (χ1) is 14.5. The predicted molar refractivity (Wildman–Crippen MR) is 117 cm³/mol. The summed E-state index contributed by atoms with van der Waals surface area (Å²) < 4.78 is 0. The molecule has 2 aromatic rings. The molecular formula is C23H24ClN3O3. The molecule has 0 unspecified atom stereocenters. The lowest BCUT2D eigenvalue weighted by atomic mass is 9.94. The highest BCUT2D eigenvalue weighted by Crippen LogP contribution is 2.40. The molecule has 1 aliphatic carbocycles. The number of halogens is 1. The Bertz CT molecular complexity index is 989. The van der Waals surface area contributed by atoms with E-state index in [9.17, 15) is 14.7 Å². The molecule has 0 fully saturated rings. The van der Waals surface area contributed by atoms with Crippen LogP contribution in [0.1, 0.15) is 37.7 Å². The highest BCUT2D eigenvalue weighted by Gasteiger charge is 2.51. The number of allylic oxidation sites excluding steroid dienone is 1. The van der Waals surface area contributed by atoms with Gasteiger partial charge >= 0.3 is 6.03 Å². The Kier molecular flexibility index (Phi) is 5.79. The van der Waals surface area contributed by atoms with E-state index in [2.05, 4.69) is 16.7 Å². The van der Waals surface area contributed by atoms with Gasteiger partial charge < -0.3 is 15.7 Å². The predicted octanol–water partition coefficient (Wildman–Crippen LogP) is 4.54. The second-order valence-corrected chi connectivity index (χ2v) is 8.01. The lowest BCUT2D eigenvalue weighted by Crippen LogP contribution is -2.62. The molecule has 1 heterocycles. The molecule has 4 rings (SSSR count). The Morgan fingerprint density at radius 1 is 1.17 bits per heavy atom. The van der Waals surface area contributed by atoms with Gasteiger partial charge in [0.25, 0.3) is 11.6 Å². The monoisotopic (exact) mass is 425 g/mol. The average molecular weight is 426 g/mol. The summed E-state index contributed by atoms with van der Waals surface area (Å²) in [4.78, 5) is 27.3. The SMILES string of the molecule is O=C1Nc2ccccc2[C@@](O)(C(=O)NCCC2=CCCCC2)N1c1ccc(Cl)cc1. The highest BCUT2D eigenvalue weighted by atomic mass is 35.5. The molecule has 156 valence electrons. The van der Waals surface area contributed by atoms with Crippen LogP contribution in [0.5, 0.6) is 0 Å². The summed E-state index contributed by atoms with van der Waals surface area (Å²) in [5.41, 5.74) is 0.214. The van der Waals surface area contributed by atoms with Crippen LogP contribution in [0.4, 0.5) is 16.2 Å². The van der Waals surface area contributed by atoms with Gasteiger partial charge in [0, 0.05) is 22.8 Å². The van der Waals surface area contributed by atoms with Crippen molar-refractivity contribution >= 4 is 34.9 Å². The molecule has 30 heavy (non-hydrogen) atoms. The number of hydrogen-bond donors (Lipinski definition) is 3. The summed E-state index contributed by atoms with van der Waals surface area (Å²) in [6.07, 6.45) is 7.46. The lowest BCUT2D eigenvalue weighted by Gasteiger charge is -2.42. The van der Waals surface area contributed by atoms with E-state index in [1.165, 1.54) is 18.4 Å². The second kappa shape index (κ2) is 8.50. The summed E-state index contributed by atoms with van der Waals surface area (Å²) in [5.74, 6) is -0.642. The van der Waals surface area contributed by atoms with Gasteiger partial charge in [0.1, 0.15) is 0 Å². The number of rotatable bonds is 5. The van der Waals surface area contributed by atoms with Gasteiger partial charge in [-0.05, 0) is 62.4 Å². The molecule has 0 saturated carbocycles. The van der Waals surface area contributed by atoms with Crippen LogP contribution in [0.25, 0.3) is 0 Å². The summed E-state index contributed by atoms with van der Waals surface area (Å²) in [6.45, 7) is 0.394. The third kappa shape index (κ3) is 3.80. The van der Waals surface area contributed by atoms with E-state index in [0.29, 0.717) is 28.5 Å². The van der Waals surface area contributed by atoms with Crippen molar-refractivity contribution in [1.29, 1.82) is 0 Å². The van der Waals surface area contributed by atoms with Crippen molar-refractivity contribution in [1.82, 2.24) is 5.32 Å². The smallest absolute Gasteiger partial charge is 0.329 e. The van der Waals surface area contributed by atoms with E-state index < -0.39 is 17.7 Å². The Morgan fingerprint density at radius 3 is 2.67 bits per heavy atom. The van der Waals surface area contributed by atoms with Crippen LogP contribution in [0.2, 0.25) is 5.02 Å². The Labute approximate surface area is 180 Å². The van der Waals surface area contributed by atoms with Gasteiger partial charge in [-0.1, -0.05) is 41.4 Å². The molecule has 0 spiro atoms. The first-order valence-electron chi connectivity index (χ1n) is 10.1. The second-order valence-electron chi connectivity index (χ2n) is 7.57. The number of urea groups is 1. The molecule has 2 aliphatic rings. The molecule has 0 bridgehead atoms. The van der Waals surface area contributed by atoms with E-state index in [1.54, 1.807) is 48.5 Å². The first-order valence-corrected chi connectivity index (χ1v) is 10.5. The lowest BCUT2D eigenvalue weighted by molar-refractivity contribution is -0.140. The van der Waals surface area contributed by atoms with Gasteiger partial charge in [-0.2, -0.15) is 0 Å². The van der Waals surface area contributed by atoms with Crippen LogP contribution >= 0.6 is 11.6 Å². The minimum atomic E-state index is -2.19. The van der Waals surface area contributed by atoms with Crippen LogP contribution in [0, 0.1) is 0 Å². The number of benzene rings is 2. The van der Waals surface area contributed by atoms with Crippen molar-refractivity contribution in [2.75, 3.05) is 16.8 Å². The van der Waals surface area contributed by atoms with Crippen LogP contribution in [0.3, 0.4) is 0 Å². The first kappa shape index (κ1) is 20.4. The van der Waals surface area contributed by atoms with Crippen molar-refractivity contribution in [2.24, 2.45) is 0 Å². The van der Waals surface area contributed by atoms with E-state index in [0.717, 1.165) is 24.2 Å². The number of anilines is 2. The maximum atomic E-state index is 13.3.